The molecule has 1 aromatic rings. The molecule has 15 heavy (non-hydrogen) atoms. The molecule has 0 fully saturated rings. The van der Waals surface area contributed by atoms with E-state index < -0.39 is 5.91 Å². The molecule has 1 aromatic heterocycles. The molecule has 5 heteroatoms. The minimum absolute atomic E-state index is 0.0531. The fourth-order valence-electron chi connectivity index (χ4n) is 1.27. The minimum atomic E-state index is -0.479. The Hall–Kier alpha value is -1.62. The molecule has 0 aliphatic rings. The number of aromatic nitrogens is 1. The van der Waals surface area contributed by atoms with Crippen LogP contribution in [0.15, 0.2) is 12.3 Å². The fourth-order valence-corrected chi connectivity index (χ4v) is 1.27. The third-order valence-electron chi connectivity index (χ3n) is 2.14. The van der Waals surface area contributed by atoms with E-state index in [-0.39, 0.29) is 6.04 Å². The Kier molecular flexibility index (Phi) is 3.62. The number of hydrogen-bond donors (Lipinski definition) is 3. The van der Waals surface area contributed by atoms with Crippen molar-refractivity contribution in [2.45, 2.75) is 19.9 Å². The van der Waals surface area contributed by atoms with Crippen LogP contribution in [0.25, 0.3) is 0 Å². The van der Waals surface area contributed by atoms with Crippen molar-refractivity contribution < 1.29 is 4.79 Å². The number of nitrogens with two attached hydrogens (primary N) is 2. The maximum Gasteiger partial charge on any atom is 0.252 e. The number of nitrogens with one attached hydrogen (secondary N) is 1. The SMILES string of the molecule is Cc1ccnc(NC(C)CN)c1C(N)=O. The second-order valence-electron chi connectivity index (χ2n) is 3.50. The lowest BCUT2D eigenvalue weighted by Gasteiger charge is -2.15. The van der Waals surface area contributed by atoms with Crippen molar-refractivity contribution in [3.05, 3.63) is 23.4 Å². The van der Waals surface area contributed by atoms with Crippen LogP contribution in [0.3, 0.4) is 0 Å². The molecule has 0 saturated heterocycles. The smallest absolute Gasteiger partial charge is 0.252 e. The summed E-state index contributed by atoms with van der Waals surface area (Å²) in [5.74, 6) is 0.0211. The number of primary amides is 1. The van der Waals surface area contributed by atoms with E-state index in [1.54, 1.807) is 12.3 Å². The van der Waals surface area contributed by atoms with Gasteiger partial charge in [0.1, 0.15) is 5.82 Å². The standard InChI is InChI=1S/C10H16N4O/c1-6-3-4-13-10(8(6)9(12)15)14-7(2)5-11/h3-4,7H,5,11H2,1-2H3,(H2,12,15)(H,13,14). The second kappa shape index (κ2) is 4.75. The van der Waals surface area contributed by atoms with Gasteiger partial charge >= 0.3 is 0 Å². The van der Waals surface area contributed by atoms with Crippen LogP contribution in [-0.4, -0.2) is 23.5 Å². The number of carbonyl (C=O) groups is 1. The number of pyridine rings is 1. The molecule has 0 aromatic carbocycles. The van der Waals surface area contributed by atoms with Crippen molar-refractivity contribution >= 4 is 11.7 Å². The molecule has 1 heterocycles. The number of anilines is 1. The predicted octanol–water partition coefficient (Wildman–Crippen LogP) is 0.248. The number of carbonyl (C=O) groups excluding carboxylic acids is 1. The summed E-state index contributed by atoms with van der Waals surface area (Å²) in [5, 5.41) is 3.05. The van der Waals surface area contributed by atoms with Gasteiger partial charge in [0.15, 0.2) is 0 Å². The van der Waals surface area contributed by atoms with Crippen molar-refractivity contribution in [2.75, 3.05) is 11.9 Å². The molecule has 82 valence electrons. The van der Waals surface area contributed by atoms with Crippen LogP contribution in [0.2, 0.25) is 0 Å². The third-order valence-corrected chi connectivity index (χ3v) is 2.14. The highest BCUT2D eigenvalue weighted by atomic mass is 16.1. The lowest BCUT2D eigenvalue weighted by molar-refractivity contribution is 0.1000. The van der Waals surface area contributed by atoms with Gasteiger partial charge in [0.2, 0.25) is 0 Å². The molecular weight excluding hydrogens is 192 g/mol. The van der Waals surface area contributed by atoms with E-state index in [0.29, 0.717) is 17.9 Å². The Morgan fingerprint density at radius 3 is 2.87 bits per heavy atom. The van der Waals surface area contributed by atoms with Crippen LogP contribution in [0, 0.1) is 6.92 Å². The first-order valence-corrected chi connectivity index (χ1v) is 4.78. The zero-order chi connectivity index (χ0) is 11.4. The van der Waals surface area contributed by atoms with Gasteiger partial charge < -0.3 is 16.8 Å². The largest absolute Gasteiger partial charge is 0.366 e. The molecule has 5 nitrogen and oxygen atoms in total. The van der Waals surface area contributed by atoms with Gasteiger partial charge in [-0.1, -0.05) is 0 Å². The first-order valence-electron chi connectivity index (χ1n) is 4.78. The molecular formula is C10H16N4O. The van der Waals surface area contributed by atoms with E-state index in [2.05, 4.69) is 10.3 Å². The molecule has 0 radical (unpaired) electrons. The lowest BCUT2D eigenvalue weighted by atomic mass is 10.1. The van der Waals surface area contributed by atoms with Crippen molar-refractivity contribution in [2.24, 2.45) is 11.5 Å². The van der Waals surface area contributed by atoms with Crippen molar-refractivity contribution in [1.82, 2.24) is 4.98 Å². The van der Waals surface area contributed by atoms with Gasteiger partial charge in [0.25, 0.3) is 5.91 Å². The van der Waals surface area contributed by atoms with E-state index in [1.807, 2.05) is 13.8 Å². The molecule has 0 spiro atoms. The van der Waals surface area contributed by atoms with Gasteiger partial charge in [-0.2, -0.15) is 0 Å². The maximum absolute atomic E-state index is 11.2. The molecule has 0 saturated carbocycles. The number of hydrogen-bond acceptors (Lipinski definition) is 4. The molecule has 0 aliphatic heterocycles. The molecule has 0 bridgehead atoms. The first kappa shape index (κ1) is 11.5. The fraction of sp³-hybridized carbons (Fsp3) is 0.400. The third kappa shape index (κ3) is 2.66. The van der Waals surface area contributed by atoms with Crippen LogP contribution >= 0.6 is 0 Å². The van der Waals surface area contributed by atoms with E-state index in [4.69, 9.17) is 11.5 Å². The van der Waals surface area contributed by atoms with Crippen molar-refractivity contribution in [1.29, 1.82) is 0 Å². The summed E-state index contributed by atoms with van der Waals surface area (Å²) in [6.45, 7) is 4.20. The molecule has 1 unspecified atom stereocenters. The summed E-state index contributed by atoms with van der Waals surface area (Å²) in [6.07, 6.45) is 1.63. The summed E-state index contributed by atoms with van der Waals surface area (Å²) >= 11 is 0. The van der Waals surface area contributed by atoms with Gasteiger partial charge in [0.05, 0.1) is 5.56 Å². The molecule has 1 atom stereocenters. The normalized spacial score (nSPS) is 12.2. The number of nitrogens with zero attached hydrogens (tertiary/aromatic N) is 1. The van der Waals surface area contributed by atoms with Crippen molar-refractivity contribution in [3.8, 4) is 0 Å². The Balaban J connectivity index is 3.06. The van der Waals surface area contributed by atoms with Crippen LogP contribution in [0.5, 0.6) is 0 Å². The van der Waals surface area contributed by atoms with Gasteiger partial charge in [-0.05, 0) is 25.5 Å². The lowest BCUT2D eigenvalue weighted by Crippen LogP contribution is -2.28. The first-order chi connectivity index (χ1) is 7.06. The summed E-state index contributed by atoms with van der Waals surface area (Å²) in [5.41, 5.74) is 12.0. The highest BCUT2D eigenvalue weighted by molar-refractivity contribution is 5.99. The Labute approximate surface area is 88.9 Å². The van der Waals surface area contributed by atoms with Crippen LogP contribution in [-0.2, 0) is 0 Å². The second-order valence-corrected chi connectivity index (χ2v) is 3.50. The zero-order valence-corrected chi connectivity index (χ0v) is 8.95. The quantitative estimate of drug-likeness (QED) is 0.661. The Morgan fingerprint density at radius 2 is 2.33 bits per heavy atom. The molecule has 1 amide bonds. The number of rotatable bonds is 4. The minimum Gasteiger partial charge on any atom is -0.366 e. The summed E-state index contributed by atoms with van der Waals surface area (Å²) in [4.78, 5) is 15.3. The van der Waals surface area contributed by atoms with Crippen LogP contribution in [0.4, 0.5) is 5.82 Å². The van der Waals surface area contributed by atoms with Crippen LogP contribution in [0.1, 0.15) is 22.8 Å². The molecule has 1 rings (SSSR count). The average Bonchev–Trinajstić information content (AvgIpc) is 2.17. The van der Waals surface area contributed by atoms with Crippen molar-refractivity contribution in [3.63, 3.8) is 0 Å². The van der Waals surface area contributed by atoms with E-state index in [0.717, 1.165) is 5.56 Å². The molecule has 0 aliphatic carbocycles. The van der Waals surface area contributed by atoms with Crippen LogP contribution < -0.4 is 16.8 Å². The number of amides is 1. The average molecular weight is 208 g/mol. The highest BCUT2D eigenvalue weighted by Gasteiger charge is 2.13. The van der Waals surface area contributed by atoms with E-state index in [1.165, 1.54) is 0 Å². The Morgan fingerprint density at radius 1 is 1.67 bits per heavy atom. The van der Waals surface area contributed by atoms with Gasteiger partial charge in [-0.3, -0.25) is 4.79 Å². The number of aryl methyl sites for hydroxylation is 1. The zero-order valence-electron chi connectivity index (χ0n) is 8.95. The Bertz CT molecular complexity index is 364. The summed E-state index contributed by atoms with van der Waals surface area (Å²) in [6, 6.07) is 1.80. The van der Waals surface area contributed by atoms with Gasteiger partial charge in [-0.15, -0.1) is 0 Å². The predicted molar refractivity (Wildman–Crippen MR) is 59.6 cm³/mol. The summed E-state index contributed by atoms with van der Waals surface area (Å²) < 4.78 is 0. The van der Waals surface area contributed by atoms with Gasteiger partial charge in [-0.25, -0.2) is 4.98 Å². The topological polar surface area (TPSA) is 94.0 Å². The van der Waals surface area contributed by atoms with E-state index >= 15 is 0 Å². The van der Waals surface area contributed by atoms with E-state index in [9.17, 15) is 4.79 Å². The molecule has 5 N–H and O–H groups in total. The summed E-state index contributed by atoms with van der Waals surface area (Å²) in [7, 11) is 0. The highest BCUT2D eigenvalue weighted by Crippen LogP contribution is 2.16. The monoisotopic (exact) mass is 208 g/mol. The van der Waals surface area contributed by atoms with Gasteiger partial charge in [0, 0.05) is 18.8 Å². The maximum atomic E-state index is 11.2.